The van der Waals surface area contributed by atoms with Crippen molar-refractivity contribution in [2.75, 3.05) is 18.5 Å². The number of carboxylic acids is 1. The summed E-state index contributed by atoms with van der Waals surface area (Å²) in [6, 6.07) is 8.91. The molecule has 1 aromatic heterocycles. The van der Waals surface area contributed by atoms with E-state index in [1.807, 2.05) is 17.5 Å². The number of nitrogens with one attached hydrogen (secondary N) is 1. The topological polar surface area (TPSA) is 84.9 Å². The number of benzene rings is 1. The summed E-state index contributed by atoms with van der Waals surface area (Å²) in [7, 11) is 0. The Morgan fingerprint density at radius 2 is 1.96 bits per heavy atom. The molecule has 7 heteroatoms. The maximum absolute atomic E-state index is 12.3. The van der Waals surface area contributed by atoms with E-state index in [4.69, 9.17) is 14.6 Å². The number of rotatable bonds is 6. The summed E-state index contributed by atoms with van der Waals surface area (Å²) in [4.78, 5) is 24.2. The summed E-state index contributed by atoms with van der Waals surface area (Å²) < 4.78 is 10.9. The summed E-state index contributed by atoms with van der Waals surface area (Å²) >= 11 is 1.46. The Morgan fingerprint density at radius 1 is 1.17 bits per heavy atom. The van der Waals surface area contributed by atoms with Gasteiger partial charge in [0.25, 0.3) is 0 Å². The highest BCUT2D eigenvalue weighted by molar-refractivity contribution is 7.10. The van der Waals surface area contributed by atoms with Crippen molar-refractivity contribution in [1.82, 2.24) is 0 Å². The number of ether oxygens (including phenoxy) is 2. The van der Waals surface area contributed by atoms with Gasteiger partial charge in [-0.3, -0.25) is 9.59 Å². The van der Waals surface area contributed by atoms with Crippen molar-refractivity contribution < 1.29 is 24.2 Å². The first-order chi connectivity index (χ1) is 11.6. The molecule has 2 aromatic rings. The average Bonchev–Trinajstić information content (AvgIpc) is 3.08. The van der Waals surface area contributed by atoms with Crippen LogP contribution in [0, 0.1) is 0 Å². The minimum atomic E-state index is -0.916. The van der Waals surface area contributed by atoms with Crippen molar-refractivity contribution in [2.24, 2.45) is 0 Å². The van der Waals surface area contributed by atoms with E-state index in [0.29, 0.717) is 30.4 Å². The SMILES string of the molecule is O=C(O)C[C@@H](CC(=O)Nc1ccc2c(c1)OCCO2)c1cccs1. The Kier molecular flexibility index (Phi) is 5.00. The molecule has 2 N–H and O–H groups in total. The van der Waals surface area contributed by atoms with E-state index in [-0.39, 0.29) is 24.7 Å². The molecule has 0 unspecified atom stereocenters. The number of carboxylic acid groups (broad SMARTS) is 1. The van der Waals surface area contributed by atoms with E-state index in [1.54, 1.807) is 18.2 Å². The maximum Gasteiger partial charge on any atom is 0.304 e. The summed E-state index contributed by atoms with van der Waals surface area (Å²) in [6.07, 6.45) is 0.0380. The highest BCUT2D eigenvalue weighted by atomic mass is 32.1. The molecular weight excluding hydrogens is 330 g/mol. The van der Waals surface area contributed by atoms with Gasteiger partial charge in [0.1, 0.15) is 13.2 Å². The average molecular weight is 347 g/mol. The van der Waals surface area contributed by atoms with E-state index in [0.717, 1.165) is 4.88 Å². The van der Waals surface area contributed by atoms with Crippen LogP contribution in [0.15, 0.2) is 35.7 Å². The molecular formula is C17H17NO5S. The Balaban J connectivity index is 1.66. The largest absolute Gasteiger partial charge is 0.486 e. The number of anilines is 1. The van der Waals surface area contributed by atoms with Crippen LogP contribution in [-0.2, 0) is 9.59 Å². The molecule has 0 fully saturated rings. The molecule has 1 atom stereocenters. The van der Waals surface area contributed by atoms with Gasteiger partial charge in [-0.2, -0.15) is 0 Å². The molecule has 1 aliphatic heterocycles. The number of hydrogen-bond acceptors (Lipinski definition) is 5. The fourth-order valence-electron chi connectivity index (χ4n) is 2.56. The fourth-order valence-corrected chi connectivity index (χ4v) is 3.40. The third kappa shape index (κ3) is 4.05. The first-order valence-electron chi connectivity index (χ1n) is 7.56. The molecule has 24 heavy (non-hydrogen) atoms. The van der Waals surface area contributed by atoms with Crippen molar-refractivity contribution in [3.63, 3.8) is 0 Å². The minimum Gasteiger partial charge on any atom is -0.486 e. The van der Waals surface area contributed by atoms with Crippen LogP contribution in [0.3, 0.4) is 0 Å². The molecule has 126 valence electrons. The lowest BCUT2D eigenvalue weighted by molar-refractivity contribution is -0.137. The quantitative estimate of drug-likeness (QED) is 0.839. The van der Waals surface area contributed by atoms with Gasteiger partial charge in [0, 0.05) is 29.0 Å². The normalized spacial score (nSPS) is 14.0. The van der Waals surface area contributed by atoms with Gasteiger partial charge in [0.05, 0.1) is 6.42 Å². The number of hydrogen-bond donors (Lipinski definition) is 2. The molecule has 2 heterocycles. The van der Waals surface area contributed by atoms with E-state index in [2.05, 4.69) is 5.32 Å². The number of carbonyl (C=O) groups is 2. The summed E-state index contributed by atoms with van der Waals surface area (Å²) in [5, 5.41) is 13.7. The van der Waals surface area contributed by atoms with Gasteiger partial charge in [0.15, 0.2) is 11.5 Å². The third-order valence-corrected chi connectivity index (χ3v) is 4.66. The molecule has 6 nitrogen and oxygen atoms in total. The Morgan fingerprint density at radius 3 is 2.67 bits per heavy atom. The number of fused-ring (bicyclic) bond motifs is 1. The Labute approximate surface area is 143 Å². The van der Waals surface area contributed by atoms with Crippen LogP contribution in [-0.4, -0.2) is 30.2 Å². The molecule has 0 spiro atoms. The molecule has 1 aliphatic rings. The van der Waals surface area contributed by atoms with Crippen LogP contribution < -0.4 is 14.8 Å². The van der Waals surface area contributed by atoms with Gasteiger partial charge in [0.2, 0.25) is 5.91 Å². The van der Waals surface area contributed by atoms with Crippen molar-refractivity contribution in [3.05, 3.63) is 40.6 Å². The van der Waals surface area contributed by atoms with Crippen LogP contribution >= 0.6 is 11.3 Å². The number of aliphatic carboxylic acids is 1. The minimum absolute atomic E-state index is 0.0743. The van der Waals surface area contributed by atoms with Gasteiger partial charge in [-0.15, -0.1) is 11.3 Å². The molecule has 0 radical (unpaired) electrons. The lowest BCUT2D eigenvalue weighted by atomic mass is 9.99. The molecule has 1 aromatic carbocycles. The Bertz CT molecular complexity index is 729. The molecule has 0 saturated heterocycles. The number of amides is 1. The lowest BCUT2D eigenvalue weighted by Crippen LogP contribution is -2.18. The fraction of sp³-hybridized carbons (Fsp3) is 0.294. The second-order valence-corrected chi connectivity index (χ2v) is 6.40. The van der Waals surface area contributed by atoms with Crippen molar-refractivity contribution >= 4 is 28.9 Å². The Hall–Kier alpha value is -2.54. The molecule has 0 bridgehead atoms. The third-order valence-electron chi connectivity index (χ3n) is 3.62. The molecule has 0 saturated carbocycles. The predicted molar refractivity (Wildman–Crippen MR) is 90.0 cm³/mol. The van der Waals surface area contributed by atoms with Gasteiger partial charge in [-0.05, 0) is 23.6 Å². The summed E-state index contributed by atoms with van der Waals surface area (Å²) in [6.45, 7) is 0.986. The standard InChI is InChI=1S/C17H17NO5S/c19-16(8-11(9-17(20)21)15-2-1-7-24-15)18-12-3-4-13-14(10-12)23-6-5-22-13/h1-4,7,10-11H,5-6,8-9H2,(H,18,19)(H,20,21)/t11-/m1/s1. The summed E-state index contributed by atoms with van der Waals surface area (Å²) in [5.74, 6) is -0.229. The first kappa shape index (κ1) is 16.3. The van der Waals surface area contributed by atoms with Crippen LogP contribution in [0.1, 0.15) is 23.6 Å². The molecule has 3 rings (SSSR count). The van der Waals surface area contributed by atoms with E-state index < -0.39 is 5.97 Å². The van der Waals surface area contributed by atoms with Crippen LogP contribution in [0.25, 0.3) is 0 Å². The van der Waals surface area contributed by atoms with Crippen LogP contribution in [0.2, 0.25) is 0 Å². The predicted octanol–water partition coefficient (Wildman–Crippen LogP) is 3.11. The molecule has 1 amide bonds. The van der Waals surface area contributed by atoms with Crippen LogP contribution in [0.4, 0.5) is 5.69 Å². The zero-order valence-corrected chi connectivity index (χ0v) is 13.7. The van der Waals surface area contributed by atoms with E-state index in [1.165, 1.54) is 11.3 Å². The number of thiophene rings is 1. The van der Waals surface area contributed by atoms with Crippen molar-refractivity contribution in [3.8, 4) is 11.5 Å². The van der Waals surface area contributed by atoms with Crippen LogP contribution in [0.5, 0.6) is 11.5 Å². The first-order valence-corrected chi connectivity index (χ1v) is 8.44. The highest BCUT2D eigenvalue weighted by Gasteiger charge is 2.21. The van der Waals surface area contributed by atoms with Gasteiger partial charge in [-0.25, -0.2) is 0 Å². The summed E-state index contributed by atoms with van der Waals surface area (Å²) in [5.41, 5.74) is 0.601. The van der Waals surface area contributed by atoms with E-state index >= 15 is 0 Å². The zero-order chi connectivity index (χ0) is 16.9. The second kappa shape index (κ2) is 7.35. The van der Waals surface area contributed by atoms with E-state index in [9.17, 15) is 9.59 Å². The lowest BCUT2D eigenvalue weighted by Gasteiger charge is -2.19. The van der Waals surface area contributed by atoms with Gasteiger partial charge < -0.3 is 19.9 Å². The number of carbonyl (C=O) groups excluding carboxylic acids is 1. The maximum atomic E-state index is 12.3. The monoisotopic (exact) mass is 347 g/mol. The highest BCUT2D eigenvalue weighted by Crippen LogP contribution is 2.33. The second-order valence-electron chi connectivity index (χ2n) is 5.42. The van der Waals surface area contributed by atoms with Crippen molar-refractivity contribution in [2.45, 2.75) is 18.8 Å². The molecule has 0 aliphatic carbocycles. The van der Waals surface area contributed by atoms with Gasteiger partial charge >= 0.3 is 5.97 Å². The smallest absolute Gasteiger partial charge is 0.304 e. The van der Waals surface area contributed by atoms with Gasteiger partial charge in [-0.1, -0.05) is 6.07 Å². The zero-order valence-electron chi connectivity index (χ0n) is 12.9. The van der Waals surface area contributed by atoms with Crippen molar-refractivity contribution in [1.29, 1.82) is 0 Å².